The number of ether oxygens (including phenoxy) is 2. The Kier molecular flexibility index (Phi) is 7.10. The number of hydrogen-bond acceptors (Lipinski definition) is 9. The molecule has 0 spiro atoms. The molecule has 4 rings (SSSR count). The molecule has 2 aromatic carbocycles. The lowest BCUT2D eigenvalue weighted by molar-refractivity contribution is 0.0951. The van der Waals surface area contributed by atoms with Gasteiger partial charge >= 0.3 is 5.63 Å². The lowest BCUT2D eigenvalue weighted by atomic mass is 10.1. The number of para-hydroxylation sites is 1. The van der Waals surface area contributed by atoms with Gasteiger partial charge in [0.15, 0.2) is 11.3 Å². The topological polar surface area (TPSA) is 128 Å². The maximum atomic E-state index is 12.6. The quantitative estimate of drug-likeness (QED) is 0.246. The van der Waals surface area contributed by atoms with E-state index in [2.05, 4.69) is 25.9 Å². The van der Waals surface area contributed by atoms with Crippen molar-refractivity contribution in [3.63, 3.8) is 0 Å². The third-order valence-corrected chi connectivity index (χ3v) is 5.10. The number of carbonyl (C=O) groups excluding carboxylic acids is 1. The molecular formula is C25H25N5O5. The summed E-state index contributed by atoms with van der Waals surface area (Å²) in [6.45, 7) is 2.46. The molecule has 0 radical (unpaired) electrons. The Morgan fingerprint density at radius 3 is 2.54 bits per heavy atom. The highest BCUT2D eigenvalue weighted by molar-refractivity contribution is 5.97. The van der Waals surface area contributed by atoms with E-state index in [9.17, 15) is 9.59 Å². The zero-order valence-electron chi connectivity index (χ0n) is 19.5. The van der Waals surface area contributed by atoms with Gasteiger partial charge in [-0.05, 0) is 43.3 Å². The van der Waals surface area contributed by atoms with E-state index in [0.29, 0.717) is 35.0 Å². The van der Waals surface area contributed by atoms with E-state index < -0.39 is 11.5 Å². The van der Waals surface area contributed by atoms with Gasteiger partial charge in [-0.3, -0.25) is 4.79 Å². The average Bonchev–Trinajstić information content (AvgIpc) is 2.86. The summed E-state index contributed by atoms with van der Waals surface area (Å²) in [4.78, 5) is 33.7. The van der Waals surface area contributed by atoms with Gasteiger partial charge < -0.3 is 29.8 Å². The fraction of sp³-hybridized carbons (Fsp3) is 0.200. The molecule has 0 aliphatic rings. The predicted octanol–water partition coefficient (Wildman–Crippen LogP) is 3.49. The van der Waals surface area contributed by atoms with Crippen LogP contribution in [0.4, 0.5) is 17.5 Å². The van der Waals surface area contributed by atoms with Crippen LogP contribution in [0.15, 0.2) is 63.8 Å². The molecule has 3 N–H and O–H groups in total. The molecule has 0 saturated carbocycles. The second kappa shape index (κ2) is 10.6. The van der Waals surface area contributed by atoms with Gasteiger partial charge in [0.2, 0.25) is 5.95 Å². The van der Waals surface area contributed by atoms with E-state index in [1.807, 2.05) is 37.3 Å². The van der Waals surface area contributed by atoms with Crippen LogP contribution in [0.2, 0.25) is 0 Å². The van der Waals surface area contributed by atoms with Crippen LogP contribution >= 0.6 is 0 Å². The summed E-state index contributed by atoms with van der Waals surface area (Å²) in [6.07, 6.45) is 0. The summed E-state index contributed by atoms with van der Waals surface area (Å²) in [5, 5.41) is 9.61. The monoisotopic (exact) mass is 475 g/mol. The molecule has 2 heterocycles. The van der Waals surface area contributed by atoms with Crippen LogP contribution in [0.1, 0.15) is 16.1 Å². The number of aromatic nitrogens is 2. The number of aryl methyl sites for hydroxylation is 1. The van der Waals surface area contributed by atoms with E-state index >= 15 is 0 Å². The van der Waals surface area contributed by atoms with E-state index in [1.54, 1.807) is 25.3 Å². The zero-order valence-corrected chi connectivity index (χ0v) is 19.5. The summed E-state index contributed by atoms with van der Waals surface area (Å²) in [5.41, 5.74) is 1.11. The number of rotatable bonds is 9. The average molecular weight is 476 g/mol. The van der Waals surface area contributed by atoms with Crippen molar-refractivity contribution < 1.29 is 18.7 Å². The number of hydrogen-bond donors (Lipinski definition) is 3. The van der Waals surface area contributed by atoms with Crippen LogP contribution in [0.5, 0.6) is 11.5 Å². The lowest BCUT2D eigenvalue weighted by Gasteiger charge is -2.11. The molecule has 180 valence electrons. The van der Waals surface area contributed by atoms with E-state index in [-0.39, 0.29) is 12.1 Å². The molecular weight excluding hydrogens is 450 g/mol. The van der Waals surface area contributed by atoms with Gasteiger partial charge in [-0.15, -0.1) is 0 Å². The van der Waals surface area contributed by atoms with E-state index in [4.69, 9.17) is 13.9 Å². The summed E-state index contributed by atoms with van der Waals surface area (Å²) in [6, 6.07) is 16.0. The largest absolute Gasteiger partial charge is 0.497 e. The second-order valence-electron chi connectivity index (χ2n) is 7.58. The minimum Gasteiger partial charge on any atom is -0.497 e. The van der Waals surface area contributed by atoms with Crippen LogP contribution in [0.3, 0.4) is 0 Å². The third-order valence-electron chi connectivity index (χ3n) is 5.10. The first kappa shape index (κ1) is 23.6. The van der Waals surface area contributed by atoms with Crippen molar-refractivity contribution in [2.45, 2.75) is 6.92 Å². The minimum atomic E-state index is -0.733. The van der Waals surface area contributed by atoms with Crippen LogP contribution in [-0.2, 0) is 0 Å². The van der Waals surface area contributed by atoms with Gasteiger partial charge in [-0.2, -0.15) is 4.98 Å². The smallest absolute Gasteiger partial charge is 0.349 e. The normalized spacial score (nSPS) is 10.6. The number of anilines is 3. The van der Waals surface area contributed by atoms with Crippen molar-refractivity contribution in [3.8, 4) is 11.5 Å². The summed E-state index contributed by atoms with van der Waals surface area (Å²) >= 11 is 0. The molecule has 0 fully saturated rings. The first-order valence-corrected chi connectivity index (χ1v) is 10.9. The minimum absolute atomic E-state index is 0.0801. The fourth-order valence-electron chi connectivity index (χ4n) is 3.42. The number of carbonyl (C=O) groups is 1. The first-order chi connectivity index (χ1) is 17.0. The lowest BCUT2D eigenvalue weighted by Crippen LogP contribution is -2.32. The summed E-state index contributed by atoms with van der Waals surface area (Å²) < 4.78 is 15.7. The fourth-order valence-corrected chi connectivity index (χ4v) is 3.42. The van der Waals surface area contributed by atoms with Crippen molar-refractivity contribution >= 4 is 34.3 Å². The van der Waals surface area contributed by atoms with Crippen molar-refractivity contribution in [1.82, 2.24) is 15.3 Å². The Hall–Kier alpha value is -4.60. The van der Waals surface area contributed by atoms with Crippen molar-refractivity contribution in [2.75, 3.05) is 37.9 Å². The molecule has 4 aromatic rings. The van der Waals surface area contributed by atoms with Gasteiger partial charge in [0.05, 0.1) is 14.2 Å². The van der Waals surface area contributed by atoms with Crippen molar-refractivity contribution in [3.05, 3.63) is 76.3 Å². The van der Waals surface area contributed by atoms with Crippen LogP contribution in [-0.4, -0.2) is 43.2 Å². The van der Waals surface area contributed by atoms with Gasteiger partial charge in [-0.1, -0.05) is 12.1 Å². The standard InChI is InChI=1S/C25H25N5O5/c1-15-13-21(29-17-7-9-18(33-2)10-8-17)30-25(28-15)27-12-11-26-23(31)19-14-16-5-4-6-20(34-3)22(16)35-24(19)32/h4-10,13-14H,11-12H2,1-3H3,(H,26,31)(H2,27,28,29,30). The molecule has 10 heteroatoms. The number of nitrogens with one attached hydrogen (secondary N) is 3. The van der Waals surface area contributed by atoms with Gasteiger partial charge in [0.1, 0.15) is 17.1 Å². The molecule has 0 saturated heterocycles. The highest BCUT2D eigenvalue weighted by Gasteiger charge is 2.15. The maximum Gasteiger partial charge on any atom is 0.349 e. The van der Waals surface area contributed by atoms with Gasteiger partial charge in [0.25, 0.3) is 5.91 Å². The van der Waals surface area contributed by atoms with Gasteiger partial charge in [0, 0.05) is 35.9 Å². The molecule has 1 amide bonds. The number of amides is 1. The Balaban J connectivity index is 1.36. The van der Waals surface area contributed by atoms with Gasteiger partial charge in [-0.25, -0.2) is 9.78 Å². The molecule has 0 unspecified atom stereocenters. The highest BCUT2D eigenvalue weighted by atomic mass is 16.5. The van der Waals surface area contributed by atoms with Crippen LogP contribution in [0.25, 0.3) is 11.0 Å². The first-order valence-electron chi connectivity index (χ1n) is 10.9. The Labute approximate surface area is 201 Å². The second-order valence-corrected chi connectivity index (χ2v) is 7.58. The molecule has 10 nitrogen and oxygen atoms in total. The Morgan fingerprint density at radius 2 is 1.80 bits per heavy atom. The third kappa shape index (κ3) is 5.67. The summed E-state index contributed by atoms with van der Waals surface area (Å²) in [7, 11) is 3.10. The predicted molar refractivity (Wildman–Crippen MR) is 133 cm³/mol. The molecule has 35 heavy (non-hydrogen) atoms. The van der Waals surface area contributed by atoms with E-state index in [1.165, 1.54) is 13.2 Å². The Morgan fingerprint density at radius 1 is 1.00 bits per heavy atom. The maximum absolute atomic E-state index is 12.6. The van der Waals surface area contributed by atoms with Crippen molar-refractivity contribution in [1.29, 1.82) is 0 Å². The van der Waals surface area contributed by atoms with Crippen LogP contribution in [0, 0.1) is 6.92 Å². The molecule has 0 aliphatic heterocycles. The Bertz CT molecular complexity index is 1400. The summed E-state index contributed by atoms with van der Waals surface area (Å²) in [5.74, 6) is 1.69. The molecule has 2 aromatic heterocycles. The SMILES string of the molecule is COc1ccc(Nc2cc(C)nc(NCCNC(=O)c3cc4cccc(OC)c4oc3=O)n2)cc1. The molecule has 0 atom stereocenters. The highest BCUT2D eigenvalue weighted by Crippen LogP contribution is 2.24. The zero-order chi connectivity index (χ0) is 24.8. The number of fused-ring (bicyclic) bond motifs is 1. The number of methoxy groups -OCH3 is 2. The number of benzene rings is 2. The molecule has 0 bridgehead atoms. The molecule has 0 aliphatic carbocycles. The van der Waals surface area contributed by atoms with Crippen LogP contribution < -0.4 is 31.0 Å². The van der Waals surface area contributed by atoms with Crippen molar-refractivity contribution in [2.24, 2.45) is 0 Å². The number of nitrogens with zero attached hydrogens (tertiary/aromatic N) is 2. The van der Waals surface area contributed by atoms with E-state index in [0.717, 1.165) is 17.1 Å².